The predicted molar refractivity (Wildman–Crippen MR) is 64.7 cm³/mol. The van der Waals surface area contributed by atoms with Crippen LogP contribution in [-0.2, 0) is 0 Å². The van der Waals surface area contributed by atoms with E-state index in [1.165, 1.54) is 45.3 Å². The molecule has 0 aromatic carbocycles. The first kappa shape index (κ1) is 11.4. The first-order chi connectivity index (χ1) is 7.15. The maximum atomic E-state index is 5.92. The van der Waals surface area contributed by atoms with Crippen LogP contribution >= 0.6 is 0 Å². The topological polar surface area (TPSA) is 29.3 Å². The zero-order chi connectivity index (χ0) is 10.9. The lowest BCUT2D eigenvalue weighted by atomic mass is 9.68. The van der Waals surface area contributed by atoms with Gasteiger partial charge in [0.25, 0.3) is 0 Å². The van der Waals surface area contributed by atoms with E-state index >= 15 is 0 Å². The molecule has 2 fully saturated rings. The van der Waals surface area contributed by atoms with Crippen LogP contribution in [0.25, 0.3) is 0 Å². The maximum absolute atomic E-state index is 5.92. The van der Waals surface area contributed by atoms with Crippen LogP contribution in [0, 0.1) is 17.3 Å². The Morgan fingerprint density at radius 3 is 2.47 bits per heavy atom. The van der Waals surface area contributed by atoms with Gasteiger partial charge in [0.15, 0.2) is 0 Å². The zero-order valence-electron chi connectivity index (χ0n) is 10.3. The summed E-state index contributed by atoms with van der Waals surface area (Å²) < 4.78 is 0. The summed E-state index contributed by atoms with van der Waals surface area (Å²) >= 11 is 0. The molecule has 2 aliphatic rings. The van der Waals surface area contributed by atoms with Crippen molar-refractivity contribution in [2.45, 2.75) is 39.5 Å². The highest BCUT2D eigenvalue weighted by Gasteiger charge is 2.38. The Morgan fingerprint density at radius 2 is 2.00 bits per heavy atom. The molecule has 2 nitrogen and oxygen atoms in total. The van der Waals surface area contributed by atoms with Gasteiger partial charge in [-0.25, -0.2) is 0 Å². The van der Waals surface area contributed by atoms with Crippen molar-refractivity contribution in [3.05, 3.63) is 0 Å². The lowest BCUT2D eigenvalue weighted by molar-refractivity contribution is 0.0405. The average Bonchev–Trinajstić information content (AvgIpc) is 2.17. The molecule has 15 heavy (non-hydrogen) atoms. The van der Waals surface area contributed by atoms with Gasteiger partial charge in [-0.3, -0.25) is 0 Å². The summed E-state index contributed by atoms with van der Waals surface area (Å²) in [6, 6.07) is 0. The molecule has 2 atom stereocenters. The summed E-state index contributed by atoms with van der Waals surface area (Å²) in [7, 11) is 0. The number of likely N-dealkylation sites (tertiary alicyclic amines) is 1. The minimum Gasteiger partial charge on any atom is -0.330 e. The van der Waals surface area contributed by atoms with E-state index in [0.717, 1.165) is 18.4 Å². The molecular weight excluding hydrogens is 184 g/mol. The molecule has 1 aliphatic carbocycles. The Balaban J connectivity index is 1.84. The van der Waals surface area contributed by atoms with Gasteiger partial charge < -0.3 is 10.6 Å². The number of piperidine rings is 1. The molecule has 0 spiro atoms. The molecule has 1 saturated carbocycles. The van der Waals surface area contributed by atoms with Crippen molar-refractivity contribution in [2.24, 2.45) is 23.0 Å². The van der Waals surface area contributed by atoms with E-state index in [-0.39, 0.29) is 0 Å². The van der Waals surface area contributed by atoms with Crippen LogP contribution in [0.1, 0.15) is 39.5 Å². The van der Waals surface area contributed by atoms with Crippen LogP contribution in [0.3, 0.4) is 0 Å². The molecule has 1 saturated heterocycles. The number of hydrogen-bond acceptors (Lipinski definition) is 2. The van der Waals surface area contributed by atoms with Crippen LogP contribution in [0.2, 0.25) is 0 Å². The van der Waals surface area contributed by atoms with Crippen molar-refractivity contribution in [1.82, 2.24) is 4.90 Å². The van der Waals surface area contributed by atoms with E-state index in [0.29, 0.717) is 5.41 Å². The maximum Gasteiger partial charge on any atom is 0.00502 e. The number of nitrogens with zero attached hydrogens (tertiary/aromatic N) is 1. The van der Waals surface area contributed by atoms with Crippen LogP contribution in [0.5, 0.6) is 0 Å². The standard InChI is InChI=1S/C13H26N2/c1-11-4-7-15(8-12(11)2)10-13(9-14)5-3-6-13/h11-12H,3-10,14H2,1-2H3. The first-order valence-corrected chi connectivity index (χ1v) is 6.58. The second-order valence-corrected chi connectivity index (χ2v) is 6.04. The van der Waals surface area contributed by atoms with E-state index in [2.05, 4.69) is 18.7 Å². The third kappa shape index (κ3) is 2.36. The van der Waals surface area contributed by atoms with Crippen molar-refractivity contribution >= 4 is 0 Å². The first-order valence-electron chi connectivity index (χ1n) is 6.58. The van der Waals surface area contributed by atoms with E-state index < -0.39 is 0 Å². The Hall–Kier alpha value is -0.0800. The number of rotatable bonds is 3. The van der Waals surface area contributed by atoms with Gasteiger partial charge in [-0.15, -0.1) is 0 Å². The molecule has 1 aliphatic heterocycles. The predicted octanol–water partition coefficient (Wildman–Crippen LogP) is 2.09. The highest BCUT2D eigenvalue weighted by atomic mass is 15.1. The van der Waals surface area contributed by atoms with E-state index in [4.69, 9.17) is 5.73 Å². The molecule has 2 rings (SSSR count). The normalized spacial score (nSPS) is 36.2. The molecule has 2 N–H and O–H groups in total. The minimum atomic E-state index is 0.500. The van der Waals surface area contributed by atoms with Gasteiger partial charge in [0.05, 0.1) is 0 Å². The lowest BCUT2D eigenvalue weighted by Crippen LogP contribution is -2.50. The van der Waals surface area contributed by atoms with Gasteiger partial charge >= 0.3 is 0 Å². The molecule has 88 valence electrons. The van der Waals surface area contributed by atoms with E-state index in [1.807, 2.05) is 0 Å². The fraction of sp³-hybridized carbons (Fsp3) is 1.00. The smallest absolute Gasteiger partial charge is 0.00502 e. The molecule has 0 amide bonds. The highest BCUT2D eigenvalue weighted by molar-refractivity contribution is 4.92. The summed E-state index contributed by atoms with van der Waals surface area (Å²) in [6.07, 6.45) is 5.51. The molecular formula is C13H26N2. The second-order valence-electron chi connectivity index (χ2n) is 6.04. The summed E-state index contributed by atoms with van der Waals surface area (Å²) in [6.45, 7) is 9.54. The summed E-state index contributed by atoms with van der Waals surface area (Å²) in [4.78, 5) is 2.66. The molecule has 0 bridgehead atoms. The van der Waals surface area contributed by atoms with E-state index in [1.54, 1.807) is 0 Å². The van der Waals surface area contributed by atoms with Gasteiger partial charge in [0.1, 0.15) is 0 Å². The Labute approximate surface area is 94.2 Å². The van der Waals surface area contributed by atoms with Gasteiger partial charge in [0.2, 0.25) is 0 Å². The van der Waals surface area contributed by atoms with Crippen LogP contribution in [0.4, 0.5) is 0 Å². The highest BCUT2D eigenvalue weighted by Crippen LogP contribution is 2.41. The molecule has 2 heteroatoms. The third-order valence-electron chi connectivity index (χ3n) is 4.82. The summed E-state index contributed by atoms with van der Waals surface area (Å²) in [5, 5.41) is 0. The Morgan fingerprint density at radius 1 is 1.27 bits per heavy atom. The fourth-order valence-corrected chi connectivity index (χ4v) is 3.07. The van der Waals surface area contributed by atoms with Crippen molar-refractivity contribution < 1.29 is 0 Å². The van der Waals surface area contributed by atoms with Gasteiger partial charge in [-0.2, -0.15) is 0 Å². The van der Waals surface area contributed by atoms with Crippen LogP contribution in [0.15, 0.2) is 0 Å². The monoisotopic (exact) mass is 210 g/mol. The largest absolute Gasteiger partial charge is 0.330 e. The van der Waals surface area contributed by atoms with Gasteiger partial charge in [0, 0.05) is 13.1 Å². The van der Waals surface area contributed by atoms with Crippen molar-refractivity contribution in [2.75, 3.05) is 26.2 Å². The van der Waals surface area contributed by atoms with Crippen LogP contribution in [-0.4, -0.2) is 31.1 Å². The second kappa shape index (κ2) is 4.42. The molecule has 1 heterocycles. The minimum absolute atomic E-state index is 0.500. The average molecular weight is 210 g/mol. The van der Waals surface area contributed by atoms with Crippen molar-refractivity contribution in [1.29, 1.82) is 0 Å². The summed E-state index contributed by atoms with van der Waals surface area (Å²) in [5.74, 6) is 1.78. The number of hydrogen-bond donors (Lipinski definition) is 1. The zero-order valence-corrected chi connectivity index (χ0v) is 10.3. The molecule has 2 unspecified atom stereocenters. The lowest BCUT2D eigenvalue weighted by Gasteiger charge is -2.47. The SMILES string of the molecule is CC1CCN(CC2(CN)CCC2)CC1C. The molecule has 0 radical (unpaired) electrons. The molecule has 0 aromatic heterocycles. The number of nitrogens with two attached hydrogens (primary N) is 1. The Bertz CT molecular complexity index is 205. The third-order valence-corrected chi connectivity index (χ3v) is 4.82. The van der Waals surface area contributed by atoms with Crippen LogP contribution < -0.4 is 5.73 Å². The van der Waals surface area contributed by atoms with E-state index in [9.17, 15) is 0 Å². The van der Waals surface area contributed by atoms with Gasteiger partial charge in [-0.05, 0) is 49.6 Å². The summed E-state index contributed by atoms with van der Waals surface area (Å²) in [5.41, 5.74) is 6.42. The fourth-order valence-electron chi connectivity index (χ4n) is 3.07. The van der Waals surface area contributed by atoms with Crippen molar-refractivity contribution in [3.63, 3.8) is 0 Å². The van der Waals surface area contributed by atoms with Crippen molar-refractivity contribution in [3.8, 4) is 0 Å². The quantitative estimate of drug-likeness (QED) is 0.773. The Kier molecular flexibility index (Phi) is 3.36. The molecule has 0 aromatic rings. The van der Waals surface area contributed by atoms with Gasteiger partial charge in [-0.1, -0.05) is 20.3 Å².